The Morgan fingerprint density at radius 2 is 1.76 bits per heavy atom. The lowest BCUT2D eigenvalue weighted by atomic mass is 10.1. The van der Waals surface area contributed by atoms with Gasteiger partial charge in [-0.25, -0.2) is 8.42 Å². The predicted molar refractivity (Wildman–Crippen MR) is 84.0 cm³/mol. The minimum Gasteiger partial charge on any atom is -0.298 e. The van der Waals surface area contributed by atoms with Crippen molar-refractivity contribution in [2.75, 3.05) is 26.2 Å². The zero-order valence-corrected chi connectivity index (χ0v) is 13.8. The highest BCUT2D eigenvalue weighted by molar-refractivity contribution is 7.89. The molecule has 1 unspecified atom stereocenters. The molecule has 0 N–H and O–H groups in total. The molecule has 1 aliphatic carbocycles. The predicted octanol–water partition coefficient (Wildman–Crippen LogP) is 2.44. The third-order valence-corrected chi connectivity index (χ3v) is 7.01. The minimum atomic E-state index is -3.47. The molecule has 1 atom stereocenters. The van der Waals surface area contributed by atoms with Gasteiger partial charge in [0.1, 0.15) is 4.90 Å². The highest BCUT2D eigenvalue weighted by Gasteiger charge is 2.36. The number of sulfonamides is 1. The van der Waals surface area contributed by atoms with E-state index in [0.29, 0.717) is 24.2 Å². The van der Waals surface area contributed by atoms with E-state index in [2.05, 4.69) is 11.8 Å². The maximum Gasteiger partial charge on any atom is 0.244 e. The number of hydrogen-bond donors (Lipinski definition) is 0. The van der Waals surface area contributed by atoms with Gasteiger partial charge in [-0.05, 0) is 37.8 Å². The van der Waals surface area contributed by atoms with Crippen molar-refractivity contribution in [3.8, 4) is 0 Å². The summed E-state index contributed by atoms with van der Waals surface area (Å²) in [5.74, 6) is 0.816. The molecule has 0 radical (unpaired) electrons. The van der Waals surface area contributed by atoms with E-state index in [-0.39, 0.29) is 4.90 Å². The molecular weight excluding hydrogens is 308 g/mol. The highest BCUT2D eigenvalue weighted by Crippen LogP contribution is 2.35. The van der Waals surface area contributed by atoms with Crippen LogP contribution in [0.4, 0.5) is 0 Å². The average molecular weight is 329 g/mol. The second-order valence-electron chi connectivity index (χ2n) is 5.95. The summed E-state index contributed by atoms with van der Waals surface area (Å²) in [7, 11) is -3.47. The molecule has 2 fully saturated rings. The van der Waals surface area contributed by atoms with Crippen LogP contribution in [-0.4, -0.2) is 49.8 Å². The van der Waals surface area contributed by atoms with Gasteiger partial charge in [0.05, 0.1) is 5.02 Å². The average Bonchev–Trinajstić information content (AvgIpc) is 3.31. The molecule has 0 aromatic heterocycles. The fourth-order valence-electron chi connectivity index (χ4n) is 3.02. The number of halogens is 1. The van der Waals surface area contributed by atoms with Crippen molar-refractivity contribution in [1.82, 2.24) is 9.21 Å². The third kappa shape index (κ3) is 3.11. The van der Waals surface area contributed by atoms with Crippen LogP contribution in [0, 0.1) is 5.92 Å². The van der Waals surface area contributed by atoms with Crippen LogP contribution in [0.25, 0.3) is 0 Å². The summed E-state index contributed by atoms with van der Waals surface area (Å²) in [5, 5.41) is 0.297. The maximum atomic E-state index is 12.7. The van der Waals surface area contributed by atoms with Gasteiger partial charge in [0, 0.05) is 32.2 Å². The Morgan fingerprint density at radius 3 is 2.33 bits per heavy atom. The summed E-state index contributed by atoms with van der Waals surface area (Å²) < 4.78 is 26.9. The van der Waals surface area contributed by atoms with Crippen LogP contribution in [0.15, 0.2) is 29.2 Å². The smallest absolute Gasteiger partial charge is 0.244 e. The van der Waals surface area contributed by atoms with Gasteiger partial charge in [-0.3, -0.25) is 4.90 Å². The van der Waals surface area contributed by atoms with Gasteiger partial charge in [0.25, 0.3) is 0 Å². The van der Waals surface area contributed by atoms with Gasteiger partial charge in [-0.1, -0.05) is 23.7 Å². The van der Waals surface area contributed by atoms with Crippen LogP contribution in [-0.2, 0) is 10.0 Å². The van der Waals surface area contributed by atoms with Crippen LogP contribution in [0.2, 0.25) is 5.02 Å². The fraction of sp³-hybridized carbons (Fsp3) is 0.600. The SMILES string of the molecule is CC(C1CC1)N1CCN(S(=O)(=O)c2ccccc2Cl)CC1. The van der Waals surface area contributed by atoms with Crippen molar-refractivity contribution in [1.29, 1.82) is 0 Å². The first-order chi connectivity index (χ1) is 10.00. The summed E-state index contributed by atoms with van der Waals surface area (Å²) in [6.45, 7) is 4.97. The van der Waals surface area contributed by atoms with Crippen LogP contribution >= 0.6 is 11.6 Å². The number of rotatable bonds is 4. The normalized spacial score (nSPS) is 23.1. The van der Waals surface area contributed by atoms with Crippen molar-refractivity contribution in [3.63, 3.8) is 0 Å². The molecule has 0 bridgehead atoms. The van der Waals surface area contributed by atoms with Gasteiger partial charge in [0.15, 0.2) is 0 Å². The summed E-state index contributed by atoms with van der Waals surface area (Å²) in [6.07, 6.45) is 2.64. The fourth-order valence-corrected chi connectivity index (χ4v) is 4.94. The van der Waals surface area contributed by atoms with Gasteiger partial charge in [-0.2, -0.15) is 4.31 Å². The van der Waals surface area contributed by atoms with Crippen LogP contribution in [0.3, 0.4) is 0 Å². The molecule has 3 rings (SSSR count). The molecule has 6 heteroatoms. The van der Waals surface area contributed by atoms with E-state index >= 15 is 0 Å². The molecule has 1 aromatic carbocycles. The first kappa shape index (κ1) is 15.3. The molecule has 1 saturated heterocycles. The zero-order valence-electron chi connectivity index (χ0n) is 12.2. The highest BCUT2D eigenvalue weighted by atomic mass is 35.5. The quantitative estimate of drug-likeness (QED) is 0.852. The van der Waals surface area contributed by atoms with E-state index in [1.165, 1.54) is 12.8 Å². The van der Waals surface area contributed by atoms with Crippen molar-refractivity contribution < 1.29 is 8.42 Å². The topological polar surface area (TPSA) is 40.6 Å². The van der Waals surface area contributed by atoms with Gasteiger partial charge in [0.2, 0.25) is 10.0 Å². The molecule has 2 aliphatic rings. The Bertz CT molecular complexity index is 608. The first-order valence-electron chi connectivity index (χ1n) is 7.49. The van der Waals surface area contributed by atoms with E-state index in [9.17, 15) is 8.42 Å². The van der Waals surface area contributed by atoms with Gasteiger partial charge < -0.3 is 0 Å². The van der Waals surface area contributed by atoms with Crippen molar-refractivity contribution in [2.24, 2.45) is 5.92 Å². The van der Waals surface area contributed by atoms with E-state index < -0.39 is 10.0 Å². The molecule has 116 valence electrons. The van der Waals surface area contributed by atoms with Crippen LogP contribution < -0.4 is 0 Å². The van der Waals surface area contributed by atoms with Crippen molar-refractivity contribution in [2.45, 2.75) is 30.7 Å². The van der Waals surface area contributed by atoms with E-state index in [0.717, 1.165) is 19.0 Å². The largest absolute Gasteiger partial charge is 0.298 e. The summed E-state index contributed by atoms with van der Waals surface area (Å²) in [5.41, 5.74) is 0. The lowest BCUT2D eigenvalue weighted by Gasteiger charge is -2.37. The summed E-state index contributed by atoms with van der Waals surface area (Å²) >= 11 is 6.04. The second kappa shape index (κ2) is 5.88. The Hall–Kier alpha value is -0.620. The first-order valence-corrected chi connectivity index (χ1v) is 9.30. The summed E-state index contributed by atoms with van der Waals surface area (Å²) in [4.78, 5) is 2.63. The Kier molecular flexibility index (Phi) is 4.28. The Balaban J connectivity index is 1.70. The Morgan fingerprint density at radius 1 is 1.14 bits per heavy atom. The molecular formula is C15H21ClN2O2S. The van der Waals surface area contributed by atoms with E-state index in [4.69, 9.17) is 11.6 Å². The molecule has 0 spiro atoms. The number of nitrogens with zero attached hydrogens (tertiary/aromatic N) is 2. The zero-order chi connectivity index (χ0) is 15.0. The van der Waals surface area contributed by atoms with Crippen LogP contribution in [0.1, 0.15) is 19.8 Å². The minimum absolute atomic E-state index is 0.218. The molecule has 4 nitrogen and oxygen atoms in total. The van der Waals surface area contributed by atoms with Crippen molar-refractivity contribution in [3.05, 3.63) is 29.3 Å². The number of hydrogen-bond acceptors (Lipinski definition) is 3. The standard InChI is InChI=1S/C15H21ClN2O2S/c1-12(13-6-7-13)17-8-10-18(11-9-17)21(19,20)15-5-3-2-4-14(15)16/h2-5,12-13H,6-11H2,1H3. The summed E-state index contributed by atoms with van der Waals surface area (Å²) in [6, 6.07) is 7.24. The molecule has 1 aliphatic heterocycles. The van der Waals surface area contributed by atoms with Crippen molar-refractivity contribution >= 4 is 21.6 Å². The molecule has 1 aromatic rings. The molecule has 1 heterocycles. The number of benzene rings is 1. The number of piperazine rings is 1. The lowest BCUT2D eigenvalue weighted by Crippen LogP contribution is -2.51. The molecule has 1 saturated carbocycles. The van der Waals surface area contributed by atoms with E-state index in [1.54, 1.807) is 28.6 Å². The van der Waals surface area contributed by atoms with Gasteiger partial charge >= 0.3 is 0 Å². The monoisotopic (exact) mass is 328 g/mol. The lowest BCUT2D eigenvalue weighted by molar-refractivity contribution is 0.133. The molecule has 21 heavy (non-hydrogen) atoms. The Labute approximate surface area is 131 Å². The van der Waals surface area contributed by atoms with Crippen LogP contribution in [0.5, 0.6) is 0 Å². The van der Waals surface area contributed by atoms with E-state index in [1.807, 2.05) is 0 Å². The van der Waals surface area contributed by atoms with Gasteiger partial charge in [-0.15, -0.1) is 0 Å². The second-order valence-corrected chi connectivity index (χ2v) is 8.26. The maximum absolute atomic E-state index is 12.7. The molecule has 0 amide bonds. The third-order valence-electron chi connectivity index (χ3n) is 4.61.